The van der Waals surface area contributed by atoms with E-state index in [4.69, 9.17) is 5.73 Å². The lowest BCUT2D eigenvalue weighted by atomic mass is 9.81. The van der Waals surface area contributed by atoms with Crippen molar-refractivity contribution in [3.63, 3.8) is 0 Å². The molecule has 3 N–H and O–H groups in total. The Bertz CT molecular complexity index is 372. The Balaban J connectivity index is 2.51. The zero-order chi connectivity index (χ0) is 13.1. The average Bonchev–Trinajstić information content (AvgIpc) is 2.21. The summed E-state index contributed by atoms with van der Waals surface area (Å²) in [5.41, 5.74) is 8.27. The smallest absolute Gasteiger partial charge is 0.0370 e. The molecule has 96 valence electrons. The average molecular weight is 299 g/mol. The molecule has 3 heteroatoms. The third kappa shape index (κ3) is 4.32. The van der Waals surface area contributed by atoms with E-state index in [1.54, 1.807) is 0 Å². The lowest BCUT2D eigenvalue weighted by Gasteiger charge is -2.29. The first kappa shape index (κ1) is 14.5. The predicted octanol–water partition coefficient (Wildman–Crippen LogP) is 3.80. The molecule has 0 spiro atoms. The molecule has 0 aliphatic carbocycles. The van der Waals surface area contributed by atoms with Crippen molar-refractivity contribution in [1.82, 2.24) is 5.32 Å². The minimum absolute atomic E-state index is 0.310. The van der Waals surface area contributed by atoms with Crippen LogP contribution in [0.2, 0.25) is 0 Å². The van der Waals surface area contributed by atoms with Crippen LogP contribution in [-0.2, 0) is 6.54 Å². The monoisotopic (exact) mass is 298 g/mol. The first-order valence-electron chi connectivity index (χ1n) is 6.07. The van der Waals surface area contributed by atoms with E-state index in [0.717, 1.165) is 28.8 Å². The fraction of sp³-hybridized carbons (Fsp3) is 0.571. The number of hydrogen-bond donors (Lipinski definition) is 2. The van der Waals surface area contributed by atoms with Gasteiger partial charge in [0.1, 0.15) is 0 Å². The Labute approximate surface area is 113 Å². The van der Waals surface area contributed by atoms with Gasteiger partial charge < -0.3 is 11.1 Å². The van der Waals surface area contributed by atoms with Crippen LogP contribution in [-0.4, -0.2) is 6.54 Å². The van der Waals surface area contributed by atoms with E-state index in [1.807, 2.05) is 12.1 Å². The SMILES string of the molecule is CC(C)C(C)(C)CNCc1ccc(Br)cc1N. The van der Waals surface area contributed by atoms with Crippen LogP contribution in [0.15, 0.2) is 22.7 Å². The molecule has 0 saturated carbocycles. The van der Waals surface area contributed by atoms with E-state index in [0.29, 0.717) is 11.3 Å². The Morgan fingerprint density at radius 3 is 2.53 bits per heavy atom. The van der Waals surface area contributed by atoms with Crippen LogP contribution in [0.5, 0.6) is 0 Å². The van der Waals surface area contributed by atoms with E-state index < -0.39 is 0 Å². The molecule has 2 nitrogen and oxygen atoms in total. The highest BCUT2D eigenvalue weighted by Crippen LogP contribution is 2.25. The van der Waals surface area contributed by atoms with Gasteiger partial charge in [-0.25, -0.2) is 0 Å². The van der Waals surface area contributed by atoms with Gasteiger partial charge in [0.2, 0.25) is 0 Å². The van der Waals surface area contributed by atoms with Crippen molar-refractivity contribution < 1.29 is 0 Å². The van der Waals surface area contributed by atoms with Gasteiger partial charge in [-0.15, -0.1) is 0 Å². The summed E-state index contributed by atoms with van der Waals surface area (Å²) < 4.78 is 1.03. The predicted molar refractivity (Wildman–Crippen MR) is 78.9 cm³/mol. The summed E-state index contributed by atoms with van der Waals surface area (Å²) in [6, 6.07) is 6.04. The topological polar surface area (TPSA) is 38.0 Å². The van der Waals surface area contributed by atoms with Crippen LogP contribution in [0.4, 0.5) is 5.69 Å². The van der Waals surface area contributed by atoms with Crippen LogP contribution in [0, 0.1) is 11.3 Å². The van der Waals surface area contributed by atoms with Gasteiger partial charge in [-0.3, -0.25) is 0 Å². The zero-order valence-electron chi connectivity index (χ0n) is 11.2. The number of hydrogen-bond acceptors (Lipinski definition) is 2. The largest absolute Gasteiger partial charge is 0.398 e. The highest BCUT2D eigenvalue weighted by Gasteiger charge is 2.21. The van der Waals surface area contributed by atoms with E-state index in [-0.39, 0.29) is 0 Å². The molecule has 0 aliphatic heterocycles. The highest BCUT2D eigenvalue weighted by atomic mass is 79.9. The second-order valence-electron chi connectivity index (χ2n) is 5.59. The number of nitrogen functional groups attached to an aromatic ring is 1. The molecule has 0 amide bonds. The number of halogens is 1. The standard InChI is InChI=1S/C14H23BrN2/c1-10(2)14(3,4)9-17-8-11-5-6-12(15)7-13(11)16/h5-7,10,17H,8-9,16H2,1-4H3. The molecule has 0 fully saturated rings. The second-order valence-corrected chi connectivity index (χ2v) is 6.51. The number of benzene rings is 1. The van der Waals surface area contributed by atoms with Crippen molar-refractivity contribution in [3.05, 3.63) is 28.2 Å². The molecule has 17 heavy (non-hydrogen) atoms. The van der Waals surface area contributed by atoms with Gasteiger partial charge in [0.15, 0.2) is 0 Å². The molecular formula is C14H23BrN2. The van der Waals surface area contributed by atoms with Gasteiger partial charge in [0.25, 0.3) is 0 Å². The van der Waals surface area contributed by atoms with Crippen LogP contribution in [0.3, 0.4) is 0 Å². The second kappa shape index (κ2) is 5.87. The fourth-order valence-electron chi connectivity index (χ4n) is 1.45. The van der Waals surface area contributed by atoms with E-state index in [9.17, 15) is 0 Å². The van der Waals surface area contributed by atoms with Crippen molar-refractivity contribution in [3.8, 4) is 0 Å². The minimum Gasteiger partial charge on any atom is -0.398 e. The van der Waals surface area contributed by atoms with Crippen molar-refractivity contribution in [2.45, 2.75) is 34.2 Å². The van der Waals surface area contributed by atoms with Crippen LogP contribution >= 0.6 is 15.9 Å². The molecule has 0 saturated heterocycles. The summed E-state index contributed by atoms with van der Waals surface area (Å²) in [5.74, 6) is 0.664. The van der Waals surface area contributed by atoms with Gasteiger partial charge >= 0.3 is 0 Å². The summed E-state index contributed by atoms with van der Waals surface area (Å²) >= 11 is 3.41. The Kier molecular flexibility index (Phi) is 5.02. The third-order valence-electron chi connectivity index (χ3n) is 3.57. The summed E-state index contributed by atoms with van der Waals surface area (Å²) in [4.78, 5) is 0. The Hall–Kier alpha value is -0.540. The molecule has 0 aliphatic rings. The molecular weight excluding hydrogens is 276 g/mol. The van der Waals surface area contributed by atoms with E-state index >= 15 is 0 Å². The summed E-state index contributed by atoms with van der Waals surface area (Å²) in [6.45, 7) is 10.9. The first-order valence-corrected chi connectivity index (χ1v) is 6.87. The van der Waals surface area contributed by atoms with Gasteiger partial charge in [-0.1, -0.05) is 49.7 Å². The van der Waals surface area contributed by atoms with E-state index in [2.05, 4.69) is 55.0 Å². The molecule has 1 aromatic rings. The molecule has 0 bridgehead atoms. The zero-order valence-corrected chi connectivity index (χ0v) is 12.8. The maximum Gasteiger partial charge on any atom is 0.0370 e. The maximum atomic E-state index is 5.96. The quantitative estimate of drug-likeness (QED) is 0.812. The Morgan fingerprint density at radius 1 is 1.35 bits per heavy atom. The lowest BCUT2D eigenvalue weighted by Crippen LogP contribution is -2.33. The third-order valence-corrected chi connectivity index (χ3v) is 4.06. The molecule has 0 heterocycles. The first-order chi connectivity index (χ1) is 7.83. The summed E-state index contributed by atoms with van der Waals surface area (Å²) in [5, 5.41) is 3.49. The minimum atomic E-state index is 0.310. The number of rotatable bonds is 5. The highest BCUT2D eigenvalue weighted by molar-refractivity contribution is 9.10. The molecule has 0 unspecified atom stereocenters. The molecule has 0 radical (unpaired) electrons. The lowest BCUT2D eigenvalue weighted by molar-refractivity contribution is 0.238. The molecule has 1 rings (SSSR count). The number of nitrogens with one attached hydrogen (secondary N) is 1. The molecule has 0 atom stereocenters. The van der Waals surface area contributed by atoms with Crippen molar-refractivity contribution >= 4 is 21.6 Å². The normalized spacial score (nSPS) is 12.1. The van der Waals surface area contributed by atoms with Gasteiger partial charge in [0, 0.05) is 23.2 Å². The maximum absolute atomic E-state index is 5.96. The summed E-state index contributed by atoms with van der Waals surface area (Å²) in [6.07, 6.45) is 0. The van der Waals surface area contributed by atoms with E-state index in [1.165, 1.54) is 0 Å². The molecule has 0 aromatic heterocycles. The number of nitrogens with two attached hydrogens (primary N) is 1. The van der Waals surface area contributed by atoms with Gasteiger partial charge in [0.05, 0.1) is 0 Å². The van der Waals surface area contributed by atoms with Crippen LogP contribution < -0.4 is 11.1 Å². The van der Waals surface area contributed by atoms with Crippen molar-refractivity contribution in [1.29, 1.82) is 0 Å². The van der Waals surface area contributed by atoms with Crippen LogP contribution in [0.1, 0.15) is 33.3 Å². The number of anilines is 1. The van der Waals surface area contributed by atoms with Crippen molar-refractivity contribution in [2.75, 3.05) is 12.3 Å². The molecule has 1 aromatic carbocycles. The van der Waals surface area contributed by atoms with Gasteiger partial charge in [-0.2, -0.15) is 0 Å². The Morgan fingerprint density at radius 2 is 2.00 bits per heavy atom. The van der Waals surface area contributed by atoms with Gasteiger partial charge in [-0.05, 0) is 29.0 Å². The summed E-state index contributed by atoms with van der Waals surface area (Å²) in [7, 11) is 0. The van der Waals surface area contributed by atoms with Crippen LogP contribution in [0.25, 0.3) is 0 Å². The fourth-order valence-corrected chi connectivity index (χ4v) is 1.83. The van der Waals surface area contributed by atoms with Crippen molar-refractivity contribution in [2.24, 2.45) is 11.3 Å².